The van der Waals surface area contributed by atoms with Crippen LogP contribution in [0.3, 0.4) is 0 Å². The van der Waals surface area contributed by atoms with Crippen LogP contribution in [0.1, 0.15) is 37.6 Å². The first kappa shape index (κ1) is 20.9. The van der Waals surface area contributed by atoms with E-state index in [0.29, 0.717) is 6.54 Å². The molecule has 0 aliphatic heterocycles. The van der Waals surface area contributed by atoms with E-state index < -0.39 is 0 Å². The zero-order valence-corrected chi connectivity index (χ0v) is 16.4. The first-order valence-corrected chi connectivity index (χ1v) is 8.82. The summed E-state index contributed by atoms with van der Waals surface area (Å²) >= 11 is 12.3. The van der Waals surface area contributed by atoms with E-state index in [0.717, 1.165) is 19.5 Å². The standard InChI is InChI=1S/C17H26Cl2N2O3/c1-6-11(21(7-2)8-3)10-20-17(22)14-15(23-4)12(18)9-13(19)16(14)24-5/h9,11H,6-8,10H2,1-5H3,(H,20,22). The van der Waals surface area contributed by atoms with Gasteiger partial charge in [0.1, 0.15) is 5.56 Å². The van der Waals surface area contributed by atoms with E-state index in [2.05, 4.69) is 31.0 Å². The third kappa shape index (κ3) is 4.68. The minimum atomic E-state index is -0.321. The smallest absolute Gasteiger partial charge is 0.259 e. The third-order valence-corrected chi connectivity index (χ3v) is 4.64. The molecule has 1 rings (SSSR count). The summed E-state index contributed by atoms with van der Waals surface area (Å²) in [7, 11) is 2.91. The molecule has 1 unspecified atom stereocenters. The van der Waals surface area contributed by atoms with Gasteiger partial charge in [-0.15, -0.1) is 0 Å². The van der Waals surface area contributed by atoms with Gasteiger partial charge in [-0.2, -0.15) is 0 Å². The quantitative estimate of drug-likeness (QED) is 0.710. The summed E-state index contributed by atoms with van der Waals surface area (Å²) in [6.07, 6.45) is 0.937. The van der Waals surface area contributed by atoms with E-state index in [1.165, 1.54) is 20.3 Å². The largest absolute Gasteiger partial charge is 0.494 e. The maximum absolute atomic E-state index is 12.7. The zero-order chi connectivity index (χ0) is 18.3. The number of ether oxygens (including phenoxy) is 2. The second-order valence-corrected chi connectivity index (χ2v) is 6.09. The molecule has 0 aliphatic carbocycles. The molecule has 0 saturated heterocycles. The molecule has 0 aliphatic rings. The van der Waals surface area contributed by atoms with Crippen LogP contribution in [-0.4, -0.2) is 50.7 Å². The third-order valence-electron chi connectivity index (χ3n) is 4.07. The number of hydrogen-bond acceptors (Lipinski definition) is 4. The van der Waals surface area contributed by atoms with Gasteiger partial charge < -0.3 is 14.8 Å². The minimum absolute atomic E-state index is 0.215. The molecule has 0 radical (unpaired) electrons. The molecule has 0 heterocycles. The van der Waals surface area contributed by atoms with Crippen molar-refractivity contribution in [3.05, 3.63) is 21.7 Å². The lowest BCUT2D eigenvalue weighted by Crippen LogP contribution is -2.43. The fourth-order valence-corrected chi connectivity index (χ4v) is 3.38. The predicted octanol–water partition coefficient (Wildman–Crippen LogP) is 3.86. The van der Waals surface area contributed by atoms with Gasteiger partial charge in [-0.1, -0.05) is 44.0 Å². The maximum atomic E-state index is 12.7. The highest BCUT2D eigenvalue weighted by molar-refractivity contribution is 6.37. The van der Waals surface area contributed by atoms with E-state index in [9.17, 15) is 4.79 Å². The lowest BCUT2D eigenvalue weighted by molar-refractivity contribution is 0.0927. The van der Waals surface area contributed by atoms with Crippen LogP contribution >= 0.6 is 23.2 Å². The molecular formula is C17H26Cl2N2O3. The van der Waals surface area contributed by atoms with Crippen LogP contribution in [0.5, 0.6) is 11.5 Å². The average molecular weight is 377 g/mol. The molecule has 1 aromatic rings. The van der Waals surface area contributed by atoms with Gasteiger partial charge in [0.15, 0.2) is 11.5 Å². The second-order valence-electron chi connectivity index (χ2n) is 5.28. The number of carbonyl (C=O) groups is 1. The molecule has 0 spiro atoms. The van der Waals surface area contributed by atoms with Crippen LogP contribution in [0.2, 0.25) is 10.0 Å². The number of nitrogens with zero attached hydrogens (tertiary/aromatic N) is 1. The van der Waals surface area contributed by atoms with Crippen LogP contribution in [0.4, 0.5) is 0 Å². The summed E-state index contributed by atoms with van der Waals surface area (Å²) in [5, 5.41) is 3.48. The fourth-order valence-electron chi connectivity index (χ4n) is 2.76. The Kier molecular flexibility index (Phi) is 8.67. The number of likely N-dealkylation sites (N-methyl/N-ethyl adjacent to an activating group) is 1. The normalized spacial score (nSPS) is 12.2. The topological polar surface area (TPSA) is 50.8 Å². The Morgan fingerprint density at radius 1 is 1.12 bits per heavy atom. The molecule has 0 aromatic heterocycles. The molecule has 1 atom stereocenters. The van der Waals surface area contributed by atoms with Crippen LogP contribution < -0.4 is 14.8 Å². The molecule has 1 amide bonds. The molecule has 5 nitrogen and oxygen atoms in total. The number of halogens is 2. The molecule has 0 fully saturated rings. The number of nitrogens with one attached hydrogen (secondary N) is 1. The Labute approximate surface area is 154 Å². The van der Waals surface area contributed by atoms with E-state index in [1.807, 2.05) is 0 Å². The summed E-state index contributed by atoms with van der Waals surface area (Å²) in [5.41, 5.74) is 0.215. The number of amides is 1. The van der Waals surface area contributed by atoms with Crippen molar-refractivity contribution >= 4 is 29.1 Å². The molecule has 7 heteroatoms. The molecule has 1 aromatic carbocycles. The Morgan fingerprint density at radius 3 is 2.00 bits per heavy atom. The predicted molar refractivity (Wildman–Crippen MR) is 98.9 cm³/mol. The zero-order valence-electron chi connectivity index (χ0n) is 14.9. The van der Waals surface area contributed by atoms with E-state index >= 15 is 0 Å². The van der Waals surface area contributed by atoms with Crippen molar-refractivity contribution in [1.29, 1.82) is 0 Å². The van der Waals surface area contributed by atoms with Gasteiger partial charge in [-0.25, -0.2) is 0 Å². The SMILES string of the molecule is CCC(CNC(=O)c1c(OC)c(Cl)cc(Cl)c1OC)N(CC)CC. The van der Waals surface area contributed by atoms with E-state index in [-0.39, 0.29) is 39.1 Å². The highest BCUT2D eigenvalue weighted by atomic mass is 35.5. The van der Waals surface area contributed by atoms with Crippen LogP contribution in [0.25, 0.3) is 0 Å². The number of methoxy groups -OCH3 is 2. The van der Waals surface area contributed by atoms with Crippen LogP contribution in [-0.2, 0) is 0 Å². The summed E-state index contributed by atoms with van der Waals surface area (Å²) in [6, 6.07) is 1.76. The molecule has 0 saturated carbocycles. The van der Waals surface area contributed by atoms with Crippen molar-refractivity contribution in [3.63, 3.8) is 0 Å². The van der Waals surface area contributed by atoms with Crippen molar-refractivity contribution in [3.8, 4) is 11.5 Å². The Bertz CT molecular complexity index is 535. The number of benzene rings is 1. The van der Waals surface area contributed by atoms with Crippen molar-refractivity contribution < 1.29 is 14.3 Å². The van der Waals surface area contributed by atoms with Gasteiger partial charge >= 0.3 is 0 Å². The van der Waals surface area contributed by atoms with E-state index in [1.54, 1.807) is 0 Å². The van der Waals surface area contributed by atoms with Crippen LogP contribution in [0.15, 0.2) is 6.07 Å². The molecule has 24 heavy (non-hydrogen) atoms. The molecule has 0 bridgehead atoms. The first-order chi connectivity index (χ1) is 11.4. The summed E-state index contributed by atoms with van der Waals surface area (Å²) in [5.74, 6) is 0.191. The number of carbonyl (C=O) groups excluding carboxylic acids is 1. The van der Waals surface area contributed by atoms with Crippen molar-refractivity contribution in [2.75, 3.05) is 33.9 Å². The molecular weight excluding hydrogens is 351 g/mol. The van der Waals surface area contributed by atoms with Crippen molar-refractivity contribution in [2.24, 2.45) is 0 Å². The highest BCUT2D eigenvalue weighted by Crippen LogP contribution is 2.40. The van der Waals surface area contributed by atoms with Gasteiger partial charge in [-0.05, 0) is 25.6 Å². The van der Waals surface area contributed by atoms with Gasteiger partial charge in [0.05, 0.1) is 24.3 Å². The second kappa shape index (κ2) is 9.97. The summed E-state index contributed by atoms with van der Waals surface area (Å²) < 4.78 is 10.6. The number of rotatable bonds is 9. The average Bonchev–Trinajstić information content (AvgIpc) is 2.57. The van der Waals surface area contributed by atoms with Gasteiger partial charge in [0, 0.05) is 12.6 Å². The Hall–Kier alpha value is -1.17. The van der Waals surface area contributed by atoms with Gasteiger partial charge in [0.2, 0.25) is 0 Å². The van der Waals surface area contributed by atoms with E-state index in [4.69, 9.17) is 32.7 Å². The summed E-state index contributed by atoms with van der Waals surface area (Å²) in [4.78, 5) is 15.0. The van der Waals surface area contributed by atoms with Gasteiger partial charge in [0.25, 0.3) is 5.91 Å². The van der Waals surface area contributed by atoms with Crippen LogP contribution in [0, 0.1) is 0 Å². The monoisotopic (exact) mass is 376 g/mol. The maximum Gasteiger partial charge on any atom is 0.259 e. The Morgan fingerprint density at radius 2 is 1.62 bits per heavy atom. The molecule has 1 N–H and O–H groups in total. The number of hydrogen-bond donors (Lipinski definition) is 1. The Balaban J connectivity index is 3.07. The van der Waals surface area contributed by atoms with Crippen molar-refractivity contribution in [1.82, 2.24) is 10.2 Å². The highest BCUT2D eigenvalue weighted by Gasteiger charge is 2.25. The molecule has 136 valence electrons. The summed E-state index contributed by atoms with van der Waals surface area (Å²) in [6.45, 7) is 8.70. The van der Waals surface area contributed by atoms with Gasteiger partial charge in [-0.3, -0.25) is 9.69 Å². The lowest BCUT2D eigenvalue weighted by Gasteiger charge is -2.29. The lowest BCUT2D eigenvalue weighted by atomic mass is 10.1. The fraction of sp³-hybridized carbons (Fsp3) is 0.588. The first-order valence-electron chi connectivity index (χ1n) is 8.07. The minimum Gasteiger partial charge on any atom is -0.494 e. The van der Waals surface area contributed by atoms with Crippen molar-refractivity contribution in [2.45, 2.75) is 33.2 Å².